The number of hydrogen-bond donors (Lipinski definition) is 0. The standard InChI is InChI=1S/C19H17ClN2O4S/c1-25-14-6-7-17(16(11-14)26-2)27(23,24)22-9-8-13-10-12-4-3-5-15(20)18(12)21-19(13)22/h3-7,10-11H,8-9H2,1-2H3. The number of ether oxygens (including phenoxy) is 2. The molecule has 0 amide bonds. The molecule has 2 aromatic carbocycles. The largest absolute Gasteiger partial charge is 0.497 e. The fraction of sp³-hybridized carbons (Fsp3) is 0.211. The number of para-hydroxylation sites is 1. The molecule has 6 nitrogen and oxygen atoms in total. The first-order chi connectivity index (χ1) is 13.0. The van der Waals surface area contributed by atoms with E-state index in [4.69, 9.17) is 21.1 Å². The van der Waals surface area contributed by atoms with Gasteiger partial charge in [0.25, 0.3) is 10.0 Å². The lowest BCUT2D eigenvalue weighted by Gasteiger charge is -2.20. The van der Waals surface area contributed by atoms with E-state index in [0.29, 0.717) is 35.1 Å². The maximum atomic E-state index is 13.3. The van der Waals surface area contributed by atoms with Crippen molar-refractivity contribution in [1.82, 2.24) is 4.98 Å². The summed E-state index contributed by atoms with van der Waals surface area (Å²) in [5.74, 6) is 1.15. The van der Waals surface area contributed by atoms with Crippen molar-refractivity contribution >= 4 is 38.3 Å². The van der Waals surface area contributed by atoms with E-state index in [9.17, 15) is 8.42 Å². The van der Waals surface area contributed by atoms with Crippen LogP contribution >= 0.6 is 11.6 Å². The number of pyridine rings is 1. The Kier molecular flexibility index (Phi) is 4.36. The van der Waals surface area contributed by atoms with Crippen molar-refractivity contribution in [2.75, 3.05) is 25.1 Å². The number of nitrogens with zero attached hydrogens (tertiary/aromatic N) is 2. The Morgan fingerprint density at radius 2 is 1.93 bits per heavy atom. The molecular weight excluding hydrogens is 388 g/mol. The first-order valence-electron chi connectivity index (χ1n) is 8.28. The van der Waals surface area contributed by atoms with Crippen molar-refractivity contribution in [2.45, 2.75) is 11.3 Å². The maximum absolute atomic E-state index is 13.3. The molecule has 3 aromatic rings. The SMILES string of the molecule is COc1ccc(S(=O)(=O)N2CCc3cc4cccc(Cl)c4nc32)c(OC)c1. The van der Waals surface area contributed by atoms with Crippen LogP contribution in [0.5, 0.6) is 11.5 Å². The first-order valence-corrected chi connectivity index (χ1v) is 10.1. The van der Waals surface area contributed by atoms with Crippen molar-refractivity contribution in [3.8, 4) is 11.5 Å². The lowest BCUT2D eigenvalue weighted by Crippen LogP contribution is -2.30. The highest BCUT2D eigenvalue weighted by atomic mass is 35.5. The number of halogens is 1. The second-order valence-corrected chi connectivity index (χ2v) is 8.36. The van der Waals surface area contributed by atoms with Crippen LogP contribution in [-0.2, 0) is 16.4 Å². The molecule has 1 aliphatic heterocycles. The number of methoxy groups -OCH3 is 2. The summed E-state index contributed by atoms with van der Waals surface area (Å²) in [7, 11) is -0.914. The number of benzene rings is 2. The minimum absolute atomic E-state index is 0.0692. The maximum Gasteiger partial charge on any atom is 0.269 e. The fourth-order valence-corrected chi connectivity index (χ4v) is 5.08. The molecule has 8 heteroatoms. The number of rotatable bonds is 4. The zero-order valence-corrected chi connectivity index (χ0v) is 16.3. The van der Waals surface area contributed by atoms with Crippen LogP contribution in [0.25, 0.3) is 10.9 Å². The summed E-state index contributed by atoms with van der Waals surface area (Å²) in [6.45, 7) is 0.313. The van der Waals surface area contributed by atoms with Gasteiger partial charge in [-0.1, -0.05) is 23.7 Å². The first kappa shape index (κ1) is 17.9. The Hall–Kier alpha value is -2.51. The van der Waals surface area contributed by atoms with Crippen molar-refractivity contribution < 1.29 is 17.9 Å². The van der Waals surface area contributed by atoms with E-state index < -0.39 is 10.0 Å². The molecule has 0 bridgehead atoms. The topological polar surface area (TPSA) is 68.7 Å². The Balaban J connectivity index is 1.85. The summed E-state index contributed by atoms with van der Waals surface area (Å²) in [5, 5.41) is 1.38. The molecule has 0 radical (unpaired) electrons. The van der Waals surface area contributed by atoms with Crippen molar-refractivity contribution in [3.63, 3.8) is 0 Å². The third kappa shape index (κ3) is 2.87. The zero-order valence-electron chi connectivity index (χ0n) is 14.8. The van der Waals surface area contributed by atoms with Crippen LogP contribution in [-0.4, -0.2) is 34.2 Å². The average molecular weight is 405 g/mol. The quantitative estimate of drug-likeness (QED) is 0.663. The second-order valence-electron chi connectivity index (χ2n) is 6.13. The van der Waals surface area contributed by atoms with E-state index in [2.05, 4.69) is 4.98 Å². The predicted molar refractivity (Wildman–Crippen MR) is 105 cm³/mol. The molecule has 140 valence electrons. The lowest BCUT2D eigenvalue weighted by atomic mass is 10.1. The Morgan fingerprint density at radius 3 is 2.67 bits per heavy atom. The van der Waals surface area contributed by atoms with Crippen LogP contribution < -0.4 is 13.8 Å². The predicted octanol–water partition coefficient (Wildman–Crippen LogP) is 3.66. The van der Waals surface area contributed by atoms with Crippen molar-refractivity contribution in [2.24, 2.45) is 0 Å². The van der Waals surface area contributed by atoms with Gasteiger partial charge >= 0.3 is 0 Å². The third-order valence-electron chi connectivity index (χ3n) is 4.61. The summed E-state index contributed by atoms with van der Waals surface area (Å²) in [4.78, 5) is 4.64. The van der Waals surface area contributed by atoms with E-state index in [0.717, 1.165) is 10.9 Å². The zero-order chi connectivity index (χ0) is 19.2. The van der Waals surface area contributed by atoms with Crippen LogP contribution in [0.3, 0.4) is 0 Å². The molecule has 27 heavy (non-hydrogen) atoms. The van der Waals surface area contributed by atoms with Crippen LogP contribution in [0.1, 0.15) is 5.56 Å². The Bertz CT molecular complexity index is 1150. The van der Waals surface area contributed by atoms with E-state index in [1.54, 1.807) is 18.2 Å². The number of sulfonamides is 1. The van der Waals surface area contributed by atoms with Gasteiger partial charge in [-0.05, 0) is 36.2 Å². The minimum atomic E-state index is -3.85. The summed E-state index contributed by atoms with van der Waals surface area (Å²) in [5.41, 5.74) is 1.46. The smallest absolute Gasteiger partial charge is 0.269 e. The van der Waals surface area contributed by atoms with Crippen molar-refractivity contribution in [3.05, 3.63) is 53.1 Å². The number of aromatic nitrogens is 1. The molecular formula is C19H17ClN2O4S. The summed E-state index contributed by atoms with van der Waals surface area (Å²) < 4.78 is 38.4. The van der Waals surface area contributed by atoms with Gasteiger partial charge in [0.05, 0.1) is 24.8 Å². The molecule has 0 N–H and O–H groups in total. The summed E-state index contributed by atoms with van der Waals surface area (Å²) >= 11 is 6.25. The molecule has 2 heterocycles. The van der Waals surface area contributed by atoms with Gasteiger partial charge in [-0.25, -0.2) is 17.7 Å². The van der Waals surface area contributed by atoms with E-state index >= 15 is 0 Å². The highest BCUT2D eigenvalue weighted by molar-refractivity contribution is 7.93. The van der Waals surface area contributed by atoms with Crippen molar-refractivity contribution in [1.29, 1.82) is 0 Å². The molecule has 0 aliphatic carbocycles. The molecule has 0 atom stereocenters. The van der Waals surface area contributed by atoms with E-state index in [-0.39, 0.29) is 10.6 Å². The van der Waals surface area contributed by atoms with Gasteiger partial charge in [-0.2, -0.15) is 0 Å². The molecule has 1 aliphatic rings. The van der Waals surface area contributed by atoms with Gasteiger partial charge in [-0.3, -0.25) is 0 Å². The summed E-state index contributed by atoms with van der Waals surface area (Å²) in [6, 6.07) is 12.1. The monoisotopic (exact) mass is 404 g/mol. The van der Waals surface area contributed by atoms with Gasteiger partial charge in [0.2, 0.25) is 0 Å². The highest BCUT2D eigenvalue weighted by Crippen LogP contribution is 2.38. The third-order valence-corrected chi connectivity index (χ3v) is 6.75. The van der Waals surface area contributed by atoms with Gasteiger partial charge in [-0.15, -0.1) is 0 Å². The van der Waals surface area contributed by atoms with E-state index in [1.165, 1.54) is 24.6 Å². The van der Waals surface area contributed by atoms with Gasteiger partial charge < -0.3 is 9.47 Å². The van der Waals surface area contributed by atoms with Gasteiger partial charge in [0.1, 0.15) is 22.2 Å². The normalized spacial score (nSPS) is 13.7. The second kappa shape index (κ2) is 6.58. The number of anilines is 1. The van der Waals surface area contributed by atoms with E-state index in [1.807, 2.05) is 18.2 Å². The van der Waals surface area contributed by atoms with Crippen LogP contribution in [0.15, 0.2) is 47.4 Å². The molecule has 0 spiro atoms. The van der Waals surface area contributed by atoms with Crippen LogP contribution in [0.2, 0.25) is 5.02 Å². The molecule has 0 saturated carbocycles. The van der Waals surface area contributed by atoms with Crippen LogP contribution in [0.4, 0.5) is 5.82 Å². The lowest BCUT2D eigenvalue weighted by molar-refractivity contribution is 0.386. The average Bonchev–Trinajstić information content (AvgIpc) is 3.10. The molecule has 4 rings (SSSR count). The molecule has 1 aromatic heterocycles. The Morgan fingerprint density at radius 1 is 1.11 bits per heavy atom. The number of fused-ring (bicyclic) bond motifs is 2. The van der Waals surface area contributed by atoms with Crippen LogP contribution in [0, 0.1) is 0 Å². The highest BCUT2D eigenvalue weighted by Gasteiger charge is 2.34. The summed E-state index contributed by atoms with van der Waals surface area (Å²) in [6.07, 6.45) is 0.586. The molecule has 0 saturated heterocycles. The fourth-order valence-electron chi connectivity index (χ4n) is 3.26. The molecule has 0 fully saturated rings. The van der Waals surface area contributed by atoms with Gasteiger partial charge in [0.15, 0.2) is 0 Å². The molecule has 0 unspecified atom stereocenters. The minimum Gasteiger partial charge on any atom is -0.497 e. The Labute approximate surface area is 162 Å². The number of hydrogen-bond acceptors (Lipinski definition) is 5. The van der Waals surface area contributed by atoms with Gasteiger partial charge in [0, 0.05) is 18.0 Å².